The van der Waals surface area contributed by atoms with Gasteiger partial charge >= 0.3 is 10.3 Å². The van der Waals surface area contributed by atoms with Gasteiger partial charge in [-0.3, -0.25) is 4.79 Å². The van der Waals surface area contributed by atoms with Crippen LogP contribution in [0.2, 0.25) is 0 Å². The molecule has 0 bridgehead atoms. The molecule has 140 valence electrons. The summed E-state index contributed by atoms with van der Waals surface area (Å²) in [6.45, 7) is 2.65. The predicted molar refractivity (Wildman–Crippen MR) is 95.6 cm³/mol. The molecular formula is C18H22N2O5S. The van der Waals surface area contributed by atoms with Crippen LogP contribution in [0.3, 0.4) is 0 Å². The Labute approximate surface area is 153 Å². The van der Waals surface area contributed by atoms with Gasteiger partial charge in [-0.15, -0.1) is 0 Å². The number of benzene rings is 1. The van der Waals surface area contributed by atoms with E-state index in [0.29, 0.717) is 25.1 Å². The highest BCUT2D eigenvalue weighted by molar-refractivity contribution is 7.84. The molecular weight excluding hydrogens is 356 g/mol. The van der Waals surface area contributed by atoms with Gasteiger partial charge in [0.15, 0.2) is 0 Å². The molecule has 1 N–H and O–H groups in total. The highest BCUT2D eigenvalue weighted by Crippen LogP contribution is 2.22. The lowest BCUT2D eigenvalue weighted by molar-refractivity contribution is -0.126. The number of hydrogen-bond acceptors (Lipinski definition) is 5. The third-order valence-corrected chi connectivity index (χ3v) is 5.68. The molecule has 0 aliphatic carbocycles. The van der Waals surface area contributed by atoms with Gasteiger partial charge in [0.2, 0.25) is 5.91 Å². The van der Waals surface area contributed by atoms with E-state index in [9.17, 15) is 13.2 Å². The molecule has 3 rings (SSSR count). The van der Waals surface area contributed by atoms with Gasteiger partial charge in [-0.05, 0) is 44.0 Å². The topological polar surface area (TPSA) is 88.9 Å². The van der Waals surface area contributed by atoms with Gasteiger partial charge in [-0.2, -0.15) is 12.7 Å². The van der Waals surface area contributed by atoms with Crippen LogP contribution in [0.5, 0.6) is 5.75 Å². The smallest absolute Gasteiger partial charge is 0.385 e. The van der Waals surface area contributed by atoms with E-state index >= 15 is 0 Å². The van der Waals surface area contributed by atoms with Crippen molar-refractivity contribution in [3.8, 4) is 5.75 Å². The van der Waals surface area contributed by atoms with Crippen molar-refractivity contribution >= 4 is 16.2 Å². The minimum absolute atomic E-state index is 0.109. The van der Waals surface area contributed by atoms with Crippen LogP contribution in [-0.2, 0) is 21.6 Å². The van der Waals surface area contributed by atoms with Crippen molar-refractivity contribution in [1.82, 2.24) is 9.62 Å². The second kappa shape index (κ2) is 7.92. The summed E-state index contributed by atoms with van der Waals surface area (Å²) < 4.78 is 36.6. The number of amides is 1. The van der Waals surface area contributed by atoms with Crippen LogP contribution in [0.25, 0.3) is 0 Å². The molecule has 26 heavy (non-hydrogen) atoms. The first-order valence-electron chi connectivity index (χ1n) is 8.50. The maximum absolute atomic E-state index is 12.5. The number of rotatable bonds is 6. The molecule has 0 saturated carbocycles. The average molecular weight is 378 g/mol. The van der Waals surface area contributed by atoms with E-state index in [-0.39, 0.29) is 24.7 Å². The Bertz CT molecular complexity index is 831. The Balaban J connectivity index is 1.59. The zero-order valence-electron chi connectivity index (χ0n) is 14.6. The van der Waals surface area contributed by atoms with E-state index in [1.165, 1.54) is 4.31 Å². The predicted octanol–water partition coefficient (Wildman–Crippen LogP) is 2.24. The Kier molecular flexibility index (Phi) is 5.63. The largest absolute Gasteiger partial charge is 0.467 e. The van der Waals surface area contributed by atoms with Crippen LogP contribution in [0.1, 0.15) is 24.2 Å². The highest BCUT2D eigenvalue weighted by Gasteiger charge is 2.33. The van der Waals surface area contributed by atoms with Gasteiger partial charge in [-0.1, -0.05) is 17.7 Å². The van der Waals surface area contributed by atoms with Crippen molar-refractivity contribution in [2.75, 3.05) is 13.1 Å². The van der Waals surface area contributed by atoms with E-state index in [1.807, 2.05) is 6.92 Å². The maximum Gasteiger partial charge on any atom is 0.385 e. The molecule has 1 amide bonds. The number of piperidine rings is 1. The fraction of sp³-hybridized carbons (Fsp3) is 0.389. The summed E-state index contributed by atoms with van der Waals surface area (Å²) in [5, 5.41) is 2.79. The van der Waals surface area contributed by atoms with Crippen LogP contribution < -0.4 is 9.50 Å². The molecule has 1 aromatic heterocycles. The normalized spacial score (nSPS) is 18.4. The fourth-order valence-corrected chi connectivity index (χ4v) is 4.03. The Morgan fingerprint density at radius 1 is 1.31 bits per heavy atom. The number of nitrogens with zero attached hydrogens (tertiary/aromatic N) is 1. The second-order valence-electron chi connectivity index (χ2n) is 6.35. The van der Waals surface area contributed by atoms with Crippen LogP contribution in [0.15, 0.2) is 47.1 Å². The minimum Gasteiger partial charge on any atom is -0.467 e. The van der Waals surface area contributed by atoms with Crippen molar-refractivity contribution in [3.05, 3.63) is 54.0 Å². The number of furan rings is 1. The molecule has 1 aliphatic heterocycles. The number of carbonyl (C=O) groups excluding carboxylic acids is 1. The van der Waals surface area contributed by atoms with Gasteiger partial charge in [0.25, 0.3) is 0 Å². The molecule has 2 heterocycles. The summed E-state index contributed by atoms with van der Waals surface area (Å²) in [5.74, 6) is 0.327. The Hall–Kier alpha value is -2.32. The molecule has 1 fully saturated rings. The number of aryl methyl sites for hydroxylation is 1. The lowest BCUT2D eigenvalue weighted by atomic mass is 9.99. The van der Waals surface area contributed by atoms with Crippen LogP contribution in [0, 0.1) is 12.8 Å². The van der Waals surface area contributed by atoms with E-state index < -0.39 is 16.2 Å². The summed E-state index contributed by atoms with van der Waals surface area (Å²) in [5.41, 5.74) is 1.01. The average Bonchev–Trinajstić information content (AvgIpc) is 3.15. The lowest BCUT2D eigenvalue weighted by Gasteiger charge is -2.30. The number of hydrogen-bond donors (Lipinski definition) is 1. The van der Waals surface area contributed by atoms with Gasteiger partial charge in [0.1, 0.15) is 11.5 Å². The van der Waals surface area contributed by atoms with E-state index in [1.54, 1.807) is 42.7 Å². The zero-order chi connectivity index (χ0) is 18.6. The van der Waals surface area contributed by atoms with Gasteiger partial charge < -0.3 is 13.9 Å². The van der Waals surface area contributed by atoms with Crippen LogP contribution in [-0.4, -0.2) is 31.7 Å². The molecule has 1 saturated heterocycles. The molecule has 8 heteroatoms. The summed E-state index contributed by atoms with van der Waals surface area (Å²) in [7, 11) is -3.94. The molecule has 0 spiro atoms. The van der Waals surface area contributed by atoms with E-state index in [0.717, 1.165) is 5.56 Å². The fourth-order valence-electron chi connectivity index (χ4n) is 2.86. The van der Waals surface area contributed by atoms with Crippen molar-refractivity contribution < 1.29 is 21.8 Å². The van der Waals surface area contributed by atoms with Crippen molar-refractivity contribution in [2.45, 2.75) is 26.3 Å². The first-order valence-corrected chi connectivity index (χ1v) is 9.87. The summed E-state index contributed by atoms with van der Waals surface area (Å²) in [4.78, 5) is 12.3. The minimum atomic E-state index is -3.94. The third kappa shape index (κ3) is 4.64. The third-order valence-electron chi connectivity index (χ3n) is 4.31. The monoisotopic (exact) mass is 378 g/mol. The van der Waals surface area contributed by atoms with E-state index in [4.69, 9.17) is 8.60 Å². The molecule has 0 radical (unpaired) electrons. The van der Waals surface area contributed by atoms with Crippen molar-refractivity contribution in [3.63, 3.8) is 0 Å². The first-order chi connectivity index (χ1) is 12.4. The zero-order valence-corrected chi connectivity index (χ0v) is 15.4. The maximum atomic E-state index is 12.5. The molecule has 2 aromatic rings. The highest BCUT2D eigenvalue weighted by atomic mass is 32.2. The lowest BCUT2D eigenvalue weighted by Crippen LogP contribution is -2.46. The van der Waals surface area contributed by atoms with Gasteiger partial charge in [-0.25, -0.2) is 0 Å². The summed E-state index contributed by atoms with van der Waals surface area (Å²) >= 11 is 0. The molecule has 1 aromatic carbocycles. The van der Waals surface area contributed by atoms with Crippen molar-refractivity contribution in [2.24, 2.45) is 5.92 Å². The van der Waals surface area contributed by atoms with Gasteiger partial charge in [0.05, 0.1) is 18.7 Å². The van der Waals surface area contributed by atoms with Crippen LogP contribution >= 0.6 is 0 Å². The number of carbonyl (C=O) groups is 1. The molecule has 0 unspecified atom stereocenters. The molecule has 1 atom stereocenters. The quantitative estimate of drug-likeness (QED) is 0.833. The van der Waals surface area contributed by atoms with Crippen molar-refractivity contribution in [1.29, 1.82) is 0 Å². The van der Waals surface area contributed by atoms with E-state index in [2.05, 4.69) is 5.32 Å². The Morgan fingerprint density at radius 3 is 2.77 bits per heavy atom. The SMILES string of the molecule is Cc1ccc(OS(=O)(=O)N2CCC[C@H](C(=O)NCc3ccco3)C2)cc1. The second-order valence-corrected chi connectivity index (χ2v) is 7.89. The standard InChI is InChI=1S/C18H22N2O5S/c1-14-6-8-16(9-7-14)25-26(22,23)20-10-2-4-15(13-20)18(21)19-12-17-5-3-11-24-17/h3,5-9,11,15H,2,4,10,12-13H2,1H3,(H,19,21)/t15-/m0/s1. The molecule has 7 nitrogen and oxygen atoms in total. The number of nitrogens with one attached hydrogen (secondary N) is 1. The van der Waals surface area contributed by atoms with Crippen LogP contribution in [0.4, 0.5) is 0 Å². The summed E-state index contributed by atoms with van der Waals surface area (Å²) in [6, 6.07) is 10.3. The van der Waals surface area contributed by atoms with Gasteiger partial charge in [0, 0.05) is 13.1 Å². The molecule has 1 aliphatic rings. The first kappa shape index (κ1) is 18.5. The summed E-state index contributed by atoms with van der Waals surface area (Å²) in [6.07, 6.45) is 2.79. The Morgan fingerprint density at radius 2 is 2.08 bits per heavy atom.